The van der Waals surface area contributed by atoms with Crippen molar-refractivity contribution in [2.75, 3.05) is 12.3 Å². The standard InChI is InChI=1S/C11H15FN2O2/c1-2-8(6-15)14-11(16)9-5-7(12)3-4-10(9)13/h3-5,8,15H,2,6,13H2,1H3,(H,14,16). The SMILES string of the molecule is CCC(CO)NC(=O)c1cc(F)ccc1N. The number of hydrogen-bond donors (Lipinski definition) is 3. The first-order valence-electron chi connectivity index (χ1n) is 5.05. The molecule has 0 spiro atoms. The number of rotatable bonds is 4. The Morgan fingerprint density at radius 1 is 1.62 bits per heavy atom. The summed E-state index contributed by atoms with van der Waals surface area (Å²) in [6.45, 7) is 1.67. The molecule has 5 heteroatoms. The minimum Gasteiger partial charge on any atom is -0.398 e. The van der Waals surface area contributed by atoms with E-state index in [0.717, 1.165) is 6.07 Å². The van der Waals surface area contributed by atoms with E-state index in [2.05, 4.69) is 5.32 Å². The van der Waals surface area contributed by atoms with Crippen LogP contribution < -0.4 is 11.1 Å². The summed E-state index contributed by atoms with van der Waals surface area (Å²) in [6.07, 6.45) is 0.595. The minimum absolute atomic E-state index is 0.0897. The van der Waals surface area contributed by atoms with E-state index >= 15 is 0 Å². The van der Waals surface area contributed by atoms with Crippen LogP contribution in [0.1, 0.15) is 23.7 Å². The Hall–Kier alpha value is -1.62. The van der Waals surface area contributed by atoms with Crippen LogP contribution in [-0.4, -0.2) is 23.7 Å². The van der Waals surface area contributed by atoms with Crippen molar-refractivity contribution in [3.8, 4) is 0 Å². The first kappa shape index (κ1) is 12.4. The van der Waals surface area contributed by atoms with E-state index < -0.39 is 11.7 Å². The van der Waals surface area contributed by atoms with Gasteiger partial charge in [0, 0.05) is 5.69 Å². The summed E-state index contributed by atoms with van der Waals surface area (Å²) >= 11 is 0. The summed E-state index contributed by atoms with van der Waals surface area (Å²) in [5, 5.41) is 11.5. The van der Waals surface area contributed by atoms with Crippen molar-refractivity contribution in [2.24, 2.45) is 0 Å². The smallest absolute Gasteiger partial charge is 0.253 e. The van der Waals surface area contributed by atoms with Gasteiger partial charge in [-0.3, -0.25) is 4.79 Å². The van der Waals surface area contributed by atoms with Crippen LogP contribution in [0.2, 0.25) is 0 Å². The molecule has 0 saturated heterocycles. The average Bonchev–Trinajstić information content (AvgIpc) is 2.28. The number of nitrogens with two attached hydrogens (primary N) is 1. The quantitative estimate of drug-likeness (QED) is 0.668. The first-order chi connectivity index (χ1) is 7.58. The van der Waals surface area contributed by atoms with Crippen molar-refractivity contribution in [3.63, 3.8) is 0 Å². The van der Waals surface area contributed by atoms with E-state index in [-0.39, 0.29) is 23.9 Å². The van der Waals surface area contributed by atoms with E-state index in [4.69, 9.17) is 10.8 Å². The lowest BCUT2D eigenvalue weighted by atomic mass is 10.1. The van der Waals surface area contributed by atoms with Gasteiger partial charge in [-0.05, 0) is 24.6 Å². The molecule has 1 rings (SSSR count). The van der Waals surface area contributed by atoms with E-state index in [9.17, 15) is 9.18 Å². The molecule has 4 N–H and O–H groups in total. The molecule has 0 aliphatic carbocycles. The van der Waals surface area contributed by atoms with Gasteiger partial charge in [0.2, 0.25) is 0 Å². The van der Waals surface area contributed by atoms with Crippen LogP contribution >= 0.6 is 0 Å². The second-order valence-corrected chi connectivity index (χ2v) is 3.49. The molecule has 0 bridgehead atoms. The van der Waals surface area contributed by atoms with Crippen LogP contribution in [0.25, 0.3) is 0 Å². The van der Waals surface area contributed by atoms with Crippen LogP contribution in [0.4, 0.5) is 10.1 Å². The predicted molar refractivity (Wildman–Crippen MR) is 59.4 cm³/mol. The molecule has 1 amide bonds. The molecule has 0 aliphatic heterocycles. The van der Waals surface area contributed by atoms with Gasteiger partial charge in [-0.25, -0.2) is 4.39 Å². The van der Waals surface area contributed by atoms with Gasteiger partial charge in [0.05, 0.1) is 18.2 Å². The van der Waals surface area contributed by atoms with Crippen molar-refractivity contribution >= 4 is 11.6 Å². The number of benzene rings is 1. The van der Waals surface area contributed by atoms with E-state index in [0.29, 0.717) is 6.42 Å². The molecule has 0 aromatic heterocycles. The molecule has 0 aliphatic rings. The van der Waals surface area contributed by atoms with E-state index in [1.54, 1.807) is 0 Å². The number of aliphatic hydroxyl groups excluding tert-OH is 1. The fraction of sp³-hybridized carbons (Fsp3) is 0.364. The first-order valence-corrected chi connectivity index (χ1v) is 5.05. The number of aliphatic hydroxyl groups is 1. The normalized spacial score (nSPS) is 12.2. The van der Waals surface area contributed by atoms with Gasteiger partial charge in [-0.2, -0.15) is 0 Å². The van der Waals surface area contributed by atoms with Gasteiger partial charge in [0.15, 0.2) is 0 Å². The molecule has 16 heavy (non-hydrogen) atoms. The maximum absolute atomic E-state index is 12.9. The number of carbonyl (C=O) groups is 1. The number of hydrogen-bond acceptors (Lipinski definition) is 3. The summed E-state index contributed by atoms with van der Waals surface area (Å²) in [6, 6.07) is 3.27. The van der Waals surface area contributed by atoms with Crippen LogP contribution in [0, 0.1) is 5.82 Å². The van der Waals surface area contributed by atoms with Crippen LogP contribution in [0.3, 0.4) is 0 Å². The highest BCUT2D eigenvalue weighted by Gasteiger charge is 2.14. The number of halogens is 1. The number of nitrogen functional groups attached to an aromatic ring is 1. The highest BCUT2D eigenvalue weighted by molar-refractivity contribution is 5.99. The van der Waals surface area contributed by atoms with Crippen molar-refractivity contribution in [1.82, 2.24) is 5.32 Å². The molecule has 0 saturated carbocycles. The van der Waals surface area contributed by atoms with Crippen molar-refractivity contribution in [2.45, 2.75) is 19.4 Å². The monoisotopic (exact) mass is 226 g/mol. The van der Waals surface area contributed by atoms with Crippen LogP contribution in [0.5, 0.6) is 0 Å². The van der Waals surface area contributed by atoms with Gasteiger partial charge in [0.25, 0.3) is 5.91 Å². The van der Waals surface area contributed by atoms with Gasteiger partial charge in [0.1, 0.15) is 5.82 Å². The molecule has 0 fully saturated rings. The van der Waals surface area contributed by atoms with Crippen molar-refractivity contribution in [3.05, 3.63) is 29.6 Å². The second-order valence-electron chi connectivity index (χ2n) is 3.49. The van der Waals surface area contributed by atoms with Crippen molar-refractivity contribution < 1.29 is 14.3 Å². The Labute approximate surface area is 93.3 Å². The van der Waals surface area contributed by atoms with Gasteiger partial charge in [-0.15, -0.1) is 0 Å². The zero-order valence-corrected chi connectivity index (χ0v) is 9.03. The molecule has 1 unspecified atom stereocenters. The second kappa shape index (κ2) is 5.46. The van der Waals surface area contributed by atoms with Crippen molar-refractivity contribution in [1.29, 1.82) is 0 Å². The lowest BCUT2D eigenvalue weighted by Gasteiger charge is -2.14. The molecule has 1 aromatic rings. The van der Waals surface area contributed by atoms with Gasteiger partial charge < -0.3 is 16.2 Å². The summed E-state index contributed by atoms with van der Waals surface area (Å²) in [4.78, 5) is 11.7. The molecule has 1 aromatic carbocycles. The molecular formula is C11H15FN2O2. The zero-order chi connectivity index (χ0) is 12.1. The lowest BCUT2D eigenvalue weighted by Crippen LogP contribution is -2.37. The number of carbonyl (C=O) groups excluding carboxylic acids is 1. The maximum atomic E-state index is 12.9. The molecule has 0 radical (unpaired) electrons. The predicted octanol–water partition coefficient (Wildman–Crippen LogP) is 0.909. The summed E-state index contributed by atoms with van der Waals surface area (Å²) in [5.41, 5.74) is 5.86. The molecule has 88 valence electrons. The molecule has 0 heterocycles. The lowest BCUT2D eigenvalue weighted by molar-refractivity contribution is 0.0915. The Balaban J connectivity index is 2.83. The fourth-order valence-corrected chi connectivity index (χ4v) is 1.27. The number of anilines is 1. The Morgan fingerprint density at radius 3 is 2.88 bits per heavy atom. The van der Waals surface area contributed by atoms with Crippen LogP contribution in [-0.2, 0) is 0 Å². The minimum atomic E-state index is -0.517. The third-order valence-electron chi connectivity index (χ3n) is 2.31. The Bertz CT molecular complexity index is 378. The summed E-state index contributed by atoms with van der Waals surface area (Å²) < 4.78 is 12.9. The average molecular weight is 226 g/mol. The summed E-state index contributed by atoms with van der Waals surface area (Å²) in [5.74, 6) is -0.991. The third-order valence-corrected chi connectivity index (χ3v) is 2.31. The Kier molecular flexibility index (Phi) is 4.25. The molecule has 1 atom stereocenters. The van der Waals surface area contributed by atoms with E-state index in [1.807, 2.05) is 6.92 Å². The topological polar surface area (TPSA) is 75.3 Å². The fourth-order valence-electron chi connectivity index (χ4n) is 1.27. The summed E-state index contributed by atoms with van der Waals surface area (Å²) in [7, 11) is 0. The number of nitrogens with one attached hydrogen (secondary N) is 1. The third kappa shape index (κ3) is 2.93. The van der Waals surface area contributed by atoms with Gasteiger partial charge >= 0.3 is 0 Å². The number of amides is 1. The highest BCUT2D eigenvalue weighted by Crippen LogP contribution is 2.13. The maximum Gasteiger partial charge on any atom is 0.253 e. The largest absolute Gasteiger partial charge is 0.398 e. The van der Waals surface area contributed by atoms with Gasteiger partial charge in [-0.1, -0.05) is 6.92 Å². The zero-order valence-electron chi connectivity index (χ0n) is 9.03. The highest BCUT2D eigenvalue weighted by atomic mass is 19.1. The van der Waals surface area contributed by atoms with E-state index in [1.165, 1.54) is 12.1 Å². The molecule has 4 nitrogen and oxygen atoms in total. The Morgan fingerprint density at radius 2 is 2.31 bits per heavy atom. The molecular weight excluding hydrogens is 211 g/mol. The van der Waals surface area contributed by atoms with Crippen LogP contribution in [0.15, 0.2) is 18.2 Å².